The van der Waals surface area contributed by atoms with Crippen molar-refractivity contribution in [3.63, 3.8) is 0 Å². The number of benzene rings is 3. The molecule has 0 saturated heterocycles. The maximum Gasteiger partial charge on any atom is 0.416 e. The molecule has 0 heterocycles. The van der Waals surface area contributed by atoms with Crippen LogP contribution in [-0.2, 0) is 21.0 Å². The van der Waals surface area contributed by atoms with Crippen molar-refractivity contribution in [3.05, 3.63) is 88.9 Å². The summed E-state index contributed by atoms with van der Waals surface area (Å²) in [5, 5.41) is 13.5. The van der Waals surface area contributed by atoms with Crippen molar-refractivity contribution >= 4 is 38.9 Å². The Balaban J connectivity index is 2.00. The minimum absolute atomic E-state index is 0.0907. The number of nitrogens with one attached hydrogen (secondary N) is 1. The zero-order valence-corrected chi connectivity index (χ0v) is 19.7. The molecule has 0 spiro atoms. The fraction of sp³-hybridized carbons (Fsp3) is 0.130. The SMILES string of the molecule is C/C(=N/NC(=O)CN(c1cc(C(F)(F)F)ccc1Cl)S(=O)(=O)c1ccccc1)c1ccccc1O. The molecule has 3 aromatic rings. The zero-order chi connectivity index (χ0) is 25.8. The van der Waals surface area contributed by atoms with Crippen LogP contribution in [0.4, 0.5) is 18.9 Å². The monoisotopic (exact) mass is 525 g/mol. The Labute approximate surface area is 204 Å². The highest BCUT2D eigenvalue weighted by Crippen LogP contribution is 2.37. The Morgan fingerprint density at radius 1 is 1.06 bits per heavy atom. The summed E-state index contributed by atoms with van der Waals surface area (Å²) < 4.78 is 67.1. The third-order valence-electron chi connectivity index (χ3n) is 4.80. The first-order valence-electron chi connectivity index (χ1n) is 9.97. The molecule has 2 N–H and O–H groups in total. The maximum atomic E-state index is 13.3. The van der Waals surface area contributed by atoms with Gasteiger partial charge in [0.25, 0.3) is 15.9 Å². The van der Waals surface area contributed by atoms with Crippen molar-refractivity contribution in [2.75, 3.05) is 10.8 Å². The van der Waals surface area contributed by atoms with Crippen LogP contribution in [0.2, 0.25) is 5.02 Å². The van der Waals surface area contributed by atoms with E-state index in [9.17, 15) is 31.5 Å². The van der Waals surface area contributed by atoms with Gasteiger partial charge in [-0.2, -0.15) is 18.3 Å². The predicted molar refractivity (Wildman–Crippen MR) is 126 cm³/mol. The van der Waals surface area contributed by atoms with Crippen LogP contribution in [0.25, 0.3) is 0 Å². The number of sulfonamides is 1. The van der Waals surface area contributed by atoms with E-state index in [4.69, 9.17) is 11.6 Å². The van der Waals surface area contributed by atoms with E-state index < -0.39 is 39.9 Å². The molecule has 0 fully saturated rings. The maximum absolute atomic E-state index is 13.3. The average molecular weight is 526 g/mol. The minimum atomic E-state index is -4.77. The topological polar surface area (TPSA) is 99.1 Å². The molecule has 0 saturated carbocycles. The minimum Gasteiger partial charge on any atom is -0.507 e. The molecule has 12 heteroatoms. The number of hydrogen-bond acceptors (Lipinski definition) is 5. The van der Waals surface area contributed by atoms with Crippen molar-refractivity contribution in [3.8, 4) is 5.75 Å². The number of phenolic OH excluding ortho intramolecular Hbond substituents is 1. The lowest BCUT2D eigenvalue weighted by molar-refractivity contribution is -0.137. The molecule has 0 aliphatic carbocycles. The van der Waals surface area contributed by atoms with E-state index >= 15 is 0 Å². The molecule has 0 aliphatic heterocycles. The quantitative estimate of drug-likeness (QED) is 0.342. The number of phenols is 1. The van der Waals surface area contributed by atoms with Gasteiger partial charge >= 0.3 is 6.18 Å². The summed E-state index contributed by atoms with van der Waals surface area (Å²) in [7, 11) is -4.50. The highest BCUT2D eigenvalue weighted by atomic mass is 35.5. The fourth-order valence-electron chi connectivity index (χ4n) is 3.05. The molecule has 0 radical (unpaired) electrons. The lowest BCUT2D eigenvalue weighted by Crippen LogP contribution is -2.40. The van der Waals surface area contributed by atoms with Gasteiger partial charge in [-0.15, -0.1) is 0 Å². The van der Waals surface area contributed by atoms with E-state index in [1.807, 2.05) is 0 Å². The van der Waals surface area contributed by atoms with E-state index in [2.05, 4.69) is 10.5 Å². The molecule has 1 amide bonds. The highest BCUT2D eigenvalue weighted by Gasteiger charge is 2.34. The van der Waals surface area contributed by atoms with Crippen LogP contribution in [0.15, 0.2) is 82.8 Å². The van der Waals surface area contributed by atoms with Crippen LogP contribution >= 0.6 is 11.6 Å². The van der Waals surface area contributed by atoms with Gasteiger partial charge in [-0.05, 0) is 49.4 Å². The number of amides is 1. The van der Waals surface area contributed by atoms with E-state index in [1.165, 1.54) is 37.3 Å². The third kappa shape index (κ3) is 6.11. The number of rotatable bonds is 7. The molecule has 0 unspecified atom stereocenters. The molecular weight excluding hydrogens is 507 g/mol. The molecule has 184 valence electrons. The highest BCUT2D eigenvalue weighted by molar-refractivity contribution is 7.92. The van der Waals surface area contributed by atoms with Crippen molar-refractivity contribution in [1.82, 2.24) is 5.43 Å². The number of nitrogens with zero attached hydrogens (tertiary/aromatic N) is 2. The summed E-state index contributed by atoms with van der Waals surface area (Å²) in [5.41, 5.74) is 1.03. The fourth-order valence-corrected chi connectivity index (χ4v) is 4.77. The second-order valence-corrected chi connectivity index (χ2v) is 9.51. The van der Waals surface area contributed by atoms with E-state index in [-0.39, 0.29) is 21.4 Å². The Bertz CT molecular complexity index is 1360. The van der Waals surface area contributed by atoms with Crippen LogP contribution in [0, 0.1) is 0 Å². The Morgan fingerprint density at radius 2 is 1.69 bits per heavy atom. The van der Waals surface area contributed by atoms with Gasteiger partial charge in [-0.3, -0.25) is 9.10 Å². The van der Waals surface area contributed by atoms with Gasteiger partial charge in [0.2, 0.25) is 0 Å². The molecule has 0 atom stereocenters. The standard InChI is InChI=1S/C23H19ClF3N3O4S/c1-15(18-9-5-6-10-21(18)31)28-29-22(32)14-30(35(33,34)17-7-3-2-4-8-17)20-13-16(23(25,26)27)11-12-19(20)24/h2-13,31H,14H2,1H3,(H,29,32)/b28-15-. The predicted octanol–water partition coefficient (Wildman–Crippen LogP) is 4.80. The number of anilines is 1. The molecule has 0 aliphatic rings. The van der Waals surface area contributed by atoms with Gasteiger partial charge < -0.3 is 5.11 Å². The largest absolute Gasteiger partial charge is 0.507 e. The number of hydrazone groups is 1. The van der Waals surface area contributed by atoms with Crippen LogP contribution in [0.3, 0.4) is 0 Å². The van der Waals surface area contributed by atoms with E-state index in [0.717, 1.165) is 6.07 Å². The number of hydrogen-bond donors (Lipinski definition) is 2. The van der Waals surface area contributed by atoms with Gasteiger partial charge in [0, 0.05) is 5.56 Å². The number of halogens is 4. The van der Waals surface area contributed by atoms with Crippen molar-refractivity contribution in [1.29, 1.82) is 0 Å². The summed E-state index contributed by atoms with van der Waals surface area (Å²) in [5.74, 6) is -1.04. The second kappa shape index (κ2) is 10.4. The van der Waals surface area contributed by atoms with Crippen LogP contribution in [0.1, 0.15) is 18.1 Å². The number of alkyl halides is 3. The van der Waals surface area contributed by atoms with Crippen LogP contribution in [0.5, 0.6) is 5.75 Å². The van der Waals surface area contributed by atoms with Gasteiger partial charge in [-0.1, -0.05) is 41.9 Å². The number of para-hydroxylation sites is 1. The van der Waals surface area contributed by atoms with Gasteiger partial charge in [-0.25, -0.2) is 13.8 Å². The van der Waals surface area contributed by atoms with Gasteiger partial charge in [0.1, 0.15) is 12.3 Å². The number of carbonyl (C=O) groups is 1. The van der Waals surface area contributed by atoms with Crippen LogP contribution in [-0.4, -0.2) is 31.7 Å². The molecule has 0 bridgehead atoms. The normalized spacial score (nSPS) is 12.3. The summed E-state index contributed by atoms with van der Waals surface area (Å²) in [6.45, 7) is 0.577. The van der Waals surface area contributed by atoms with Gasteiger partial charge in [0.05, 0.1) is 26.9 Å². The molecule has 0 aromatic heterocycles. The summed E-state index contributed by atoms with van der Waals surface area (Å²) in [6, 6.07) is 15.3. The third-order valence-corrected chi connectivity index (χ3v) is 6.90. The lowest BCUT2D eigenvalue weighted by atomic mass is 10.1. The summed E-state index contributed by atoms with van der Waals surface area (Å²) >= 11 is 6.08. The number of carbonyl (C=O) groups excluding carboxylic acids is 1. The number of aromatic hydroxyl groups is 1. The van der Waals surface area contributed by atoms with E-state index in [1.54, 1.807) is 24.3 Å². The van der Waals surface area contributed by atoms with Gasteiger partial charge in [0.15, 0.2) is 0 Å². The first kappa shape index (κ1) is 26.0. The van der Waals surface area contributed by atoms with E-state index in [0.29, 0.717) is 22.0 Å². The Morgan fingerprint density at radius 3 is 2.31 bits per heavy atom. The zero-order valence-electron chi connectivity index (χ0n) is 18.1. The molecule has 35 heavy (non-hydrogen) atoms. The van der Waals surface area contributed by atoms with Crippen molar-refractivity contribution in [2.24, 2.45) is 5.10 Å². The Kier molecular flexibility index (Phi) is 7.71. The summed E-state index contributed by atoms with van der Waals surface area (Å²) in [6.07, 6.45) is -4.77. The molecular formula is C23H19ClF3N3O4S. The lowest BCUT2D eigenvalue weighted by Gasteiger charge is -2.25. The molecule has 7 nitrogen and oxygen atoms in total. The second-order valence-electron chi connectivity index (χ2n) is 7.24. The molecule has 3 aromatic carbocycles. The first-order valence-corrected chi connectivity index (χ1v) is 11.8. The first-order chi connectivity index (χ1) is 16.4. The smallest absolute Gasteiger partial charge is 0.416 e. The molecule has 3 rings (SSSR count). The average Bonchev–Trinajstić information content (AvgIpc) is 2.81. The van der Waals surface area contributed by atoms with Crippen molar-refractivity contribution in [2.45, 2.75) is 18.0 Å². The van der Waals surface area contributed by atoms with Crippen LogP contribution < -0.4 is 9.73 Å². The summed E-state index contributed by atoms with van der Waals surface area (Å²) in [4.78, 5) is 12.4. The van der Waals surface area contributed by atoms with Crippen molar-refractivity contribution < 1.29 is 31.5 Å². The Hall–Kier alpha value is -3.57.